The second-order valence-electron chi connectivity index (χ2n) is 10.1. The zero-order valence-corrected chi connectivity index (χ0v) is 22.2. The topological polar surface area (TPSA) is 115 Å². The quantitative estimate of drug-likeness (QED) is 0.337. The van der Waals surface area contributed by atoms with E-state index in [1.807, 2.05) is 6.07 Å². The molecule has 0 unspecified atom stereocenters. The van der Waals surface area contributed by atoms with E-state index < -0.39 is 45.8 Å². The molecular weight excluding hydrogens is 542 g/mol. The normalized spacial score (nSPS) is 18.4. The Morgan fingerprint density at radius 1 is 1.07 bits per heavy atom. The molecule has 40 heavy (non-hydrogen) atoms. The van der Waals surface area contributed by atoms with Crippen LogP contribution in [0.3, 0.4) is 0 Å². The molecule has 0 aliphatic carbocycles. The molecule has 1 aromatic heterocycles. The number of nitrogens with one attached hydrogen (secondary N) is 2. The van der Waals surface area contributed by atoms with Gasteiger partial charge >= 0.3 is 6.03 Å². The van der Waals surface area contributed by atoms with Gasteiger partial charge in [0.05, 0.1) is 24.7 Å². The van der Waals surface area contributed by atoms with Gasteiger partial charge in [0.15, 0.2) is 0 Å². The number of urea groups is 1. The maximum absolute atomic E-state index is 13.9. The fourth-order valence-electron chi connectivity index (χ4n) is 5.78. The molecule has 0 radical (unpaired) electrons. The van der Waals surface area contributed by atoms with Crippen LogP contribution in [0.4, 0.5) is 19.3 Å². The summed E-state index contributed by atoms with van der Waals surface area (Å²) in [6.07, 6.45) is 0. The number of carbonyl (C=O) groups is 1. The van der Waals surface area contributed by atoms with E-state index in [9.17, 15) is 27.1 Å². The number of carbonyl (C=O) groups excluding carboxylic acids is 1. The number of hydrogen-bond acceptors (Lipinski definition) is 5. The van der Waals surface area contributed by atoms with Crippen LogP contribution in [0.15, 0.2) is 71.6 Å². The number of methoxy groups -OCH3 is 1. The molecule has 1 saturated heterocycles. The minimum absolute atomic E-state index is 0.0380. The molecule has 208 valence electrons. The predicted molar refractivity (Wildman–Crippen MR) is 144 cm³/mol. The first-order valence-electron chi connectivity index (χ1n) is 12.5. The number of rotatable bonds is 5. The Morgan fingerprint density at radius 3 is 2.50 bits per heavy atom. The monoisotopic (exact) mass is 568 g/mol. The number of aromatic nitrogens is 1. The number of aliphatic hydroxyl groups is 1. The summed E-state index contributed by atoms with van der Waals surface area (Å²) in [5.74, 6) is -0.498. The van der Waals surface area contributed by atoms with Gasteiger partial charge in [-0.1, -0.05) is 6.07 Å². The molecular formula is C28H26F2N4O5S. The lowest BCUT2D eigenvalue weighted by Gasteiger charge is -2.55. The molecule has 12 heteroatoms. The molecule has 2 aliphatic rings. The average molecular weight is 569 g/mol. The maximum Gasteiger partial charge on any atom is 0.322 e. The first-order chi connectivity index (χ1) is 19.1. The van der Waals surface area contributed by atoms with Crippen molar-refractivity contribution in [2.24, 2.45) is 0 Å². The van der Waals surface area contributed by atoms with Gasteiger partial charge in [0, 0.05) is 53.4 Å². The van der Waals surface area contributed by atoms with E-state index >= 15 is 0 Å². The highest BCUT2D eigenvalue weighted by Crippen LogP contribution is 2.49. The second-order valence-corrected chi connectivity index (χ2v) is 12.0. The Morgan fingerprint density at radius 2 is 1.82 bits per heavy atom. The molecule has 3 heterocycles. The number of nitrogens with zero attached hydrogens (tertiary/aromatic N) is 2. The van der Waals surface area contributed by atoms with Gasteiger partial charge in [0.25, 0.3) is 0 Å². The number of benzene rings is 3. The number of anilines is 1. The largest absolute Gasteiger partial charge is 0.497 e. The van der Waals surface area contributed by atoms with Crippen molar-refractivity contribution in [3.05, 3.63) is 89.6 Å². The standard InChI is InChI=1S/C28H26F2N4O5S/c1-39-20-9-10-22-23(12-20)32-26-24(13-35)34(27(36)31-19-7-5-17(29)6-8-19)16-28(25(22)26)14-33(15-28)40(37,38)21-4-2-3-18(30)11-21/h2-12,24,32,35H,13-16H2,1H3,(H,31,36)/t24-/m0/s1. The molecule has 1 spiro atoms. The van der Waals surface area contributed by atoms with E-state index in [4.69, 9.17) is 4.74 Å². The molecule has 0 bridgehead atoms. The summed E-state index contributed by atoms with van der Waals surface area (Å²) < 4.78 is 60.6. The fourth-order valence-corrected chi connectivity index (χ4v) is 7.43. The van der Waals surface area contributed by atoms with Crippen LogP contribution in [-0.4, -0.2) is 67.1 Å². The lowest BCUT2D eigenvalue weighted by Crippen LogP contribution is -2.68. The number of H-pyrrole nitrogens is 1. The number of aromatic amines is 1. The van der Waals surface area contributed by atoms with Gasteiger partial charge < -0.3 is 25.0 Å². The van der Waals surface area contributed by atoms with E-state index in [1.165, 1.54) is 51.7 Å². The van der Waals surface area contributed by atoms with Crippen LogP contribution in [0.25, 0.3) is 10.9 Å². The number of halogens is 2. The summed E-state index contributed by atoms with van der Waals surface area (Å²) in [6, 6.07) is 14.3. The van der Waals surface area contributed by atoms with Crippen molar-refractivity contribution in [2.45, 2.75) is 16.4 Å². The van der Waals surface area contributed by atoms with Gasteiger partial charge in [-0.25, -0.2) is 22.0 Å². The number of sulfonamides is 1. The van der Waals surface area contributed by atoms with Gasteiger partial charge in [-0.15, -0.1) is 0 Å². The van der Waals surface area contributed by atoms with Crippen LogP contribution < -0.4 is 10.1 Å². The number of fused-ring (bicyclic) bond motifs is 4. The van der Waals surface area contributed by atoms with Crippen molar-refractivity contribution in [3.8, 4) is 5.75 Å². The van der Waals surface area contributed by atoms with Gasteiger partial charge in [0.2, 0.25) is 10.0 Å². The molecule has 2 amide bonds. The molecule has 6 rings (SSSR count). The number of aliphatic hydroxyl groups excluding tert-OH is 1. The van der Waals surface area contributed by atoms with Crippen LogP contribution in [-0.2, 0) is 15.4 Å². The molecule has 2 aliphatic heterocycles. The van der Waals surface area contributed by atoms with Gasteiger partial charge in [-0.2, -0.15) is 4.31 Å². The maximum atomic E-state index is 13.9. The Balaban J connectivity index is 1.41. The van der Waals surface area contributed by atoms with Gasteiger partial charge in [-0.05, 0) is 60.2 Å². The van der Waals surface area contributed by atoms with Crippen LogP contribution in [0, 0.1) is 11.6 Å². The molecule has 3 aromatic carbocycles. The van der Waals surface area contributed by atoms with Crippen LogP contribution in [0.5, 0.6) is 5.75 Å². The number of ether oxygens (including phenoxy) is 1. The van der Waals surface area contributed by atoms with Crippen molar-refractivity contribution < 1.29 is 31.8 Å². The molecule has 1 fully saturated rings. The van der Waals surface area contributed by atoms with Crippen LogP contribution >= 0.6 is 0 Å². The first kappa shape index (κ1) is 26.2. The SMILES string of the molecule is COc1ccc2c3c([nH]c2c1)[C@H](CO)N(C(=O)Nc1ccc(F)cc1)CC31CN(S(=O)(=O)c2cccc(F)c2)C1. The first-order valence-corrected chi connectivity index (χ1v) is 14.0. The lowest BCUT2D eigenvalue weighted by atomic mass is 9.70. The Kier molecular flexibility index (Phi) is 6.28. The summed E-state index contributed by atoms with van der Waals surface area (Å²) in [5, 5.41) is 14.0. The molecule has 0 saturated carbocycles. The lowest BCUT2D eigenvalue weighted by molar-refractivity contribution is 0.0550. The van der Waals surface area contributed by atoms with Crippen LogP contribution in [0.1, 0.15) is 17.3 Å². The highest BCUT2D eigenvalue weighted by Gasteiger charge is 2.56. The van der Waals surface area contributed by atoms with Gasteiger partial charge in [-0.3, -0.25) is 0 Å². The minimum atomic E-state index is -4.00. The average Bonchev–Trinajstić information content (AvgIpc) is 3.31. The van der Waals surface area contributed by atoms with Crippen molar-refractivity contribution >= 4 is 32.6 Å². The van der Waals surface area contributed by atoms with Gasteiger partial charge in [0.1, 0.15) is 17.4 Å². The predicted octanol–water partition coefficient (Wildman–Crippen LogP) is 3.98. The Bertz CT molecular complexity index is 1720. The van der Waals surface area contributed by atoms with Crippen molar-refractivity contribution in [2.75, 3.05) is 38.7 Å². The highest BCUT2D eigenvalue weighted by molar-refractivity contribution is 7.89. The Labute approximate surface area is 229 Å². The summed E-state index contributed by atoms with van der Waals surface area (Å²) in [7, 11) is -2.45. The summed E-state index contributed by atoms with van der Waals surface area (Å²) in [5.41, 5.74) is 1.69. The van der Waals surface area contributed by atoms with E-state index in [0.29, 0.717) is 17.1 Å². The molecule has 1 atom stereocenters. The van der Waals surface area contributed by atoms with Crippen molar-refractivity contribution in [3.63, 3.8) is 0 Å². The third-order valence-electron chi connectivity index (χ3n) is 7.67. The highest BCUT2D eigenvalue weighted by atomic mass is 32.2. The third kappa shape index (κ3) is 4.19. The summed E-state index contributed by atoms with van der Waals surface area (Å²) in [4.78, 5) is 18.2. The van der Waals surface area contributed by atoms with E-state index in [1.54, 1.807) is 19.2 Å². The summed E-state index contributed by atoms with van der Waals surface area (Å²) >= 11 is 0. The second kappa shape index (κ2) is 9.58. The molecule has 4 aromatic rings. The van der Waals surface area contributed by atoms with Crippen LogP contribution in [0.2, 0.25) is 0 Å². The zero-order valence-electron chi connectivity index (χ0n) is 21.4. The number of hydrogen-bond donors (Lipinski definition) is 3. The van der Waals surface area contributed by atoms with Crippen molar-refractivity contribution in [1.82, 2.24) is 14.2 Å². The molecule has 9 nitrogen and oxygen atoms in total. The Hall–Kier alpha value is -4.00. The minimum Gasteiger partial charge on any atom is -0.497 e. The fraction of sp³-hybridized carbons (Fsp3) is 0.250. The number of amides is 2. The zero-order chi connectivity index (χ0) is 28.2. The van der Waals surface area contributed by atoms with E-state index in [2.05, 4.69) is 10.3 Å². The smallest absolute Gasteiger partial charge is 0.322 e. The summed E-state index contributed by atoms with van der Waals surface area (Å²) in [6.45, 7) is -0.214. The van der Waals surface area contributed by atoms with E-state index in [0.717, 1.165) is 22.5 Å². The van der Waals surface area contributed by atoms with Crippen molar-refractivity contribution in [1.29, 1.82) is 0 Å². The van der Waals surface area contributed by atoms with E-state index in [-0.39, 0.29) is 24.5 Å². The third-order valence-corrected chi connectivity index (χ3v) is 9.46. The molecule has 3 N–H and O–H groups in total.